The maximum absolute atomic E-state index is 12.8. The summed E-state index contributed by atoms with van der Waals surface area (Å²) in [6, 6.07) is 16.1. The predicted molar refractivity (Wildman–Crippen MR) is 97.7 cm³/mol. The first-order valence-corrected chi connectivity index (χ1v) is 9.56. The van der Waals surface area contributed by atoms with Crippen molar-refractivity contribution in [2.24, 2.45) is 0 Å². The van der Waals surface area contributed by atoms with Gasteiger partial charge in [-0.25, -0.2) is 8.42 Å². The molecule has 0 atom stereocenters. The fraction of sp³-hybridized carbons (Fsp3) is 0.105. The van der Waals surface area contributed by atoms with Crippen molar-refractivity contribution < 1.29 is 22.0 Å². The van der Waals surface area contributed by atoms with Crippen LogP contribution in [0.15, 0.2) is 78.0 Å². The number of sulfone groups is 1. The van der Waals surface area contributed by atoms with Gasteiger partial charge in [-0.05, 0) is 42.0 Å². The van der Waals surface area contributed by atoms with Crippen LogP contribution in [0, 0.1) is 0 Å². The third kappa shape index (κ3) is 4.22. The maximum Gasteiger partial charge on any atom is 0.341 e. The van der Waals surface area contributed by atoms with Gasteiger partial charge in [0.1, 0.15) is 0 Å². The lowest BCUT2D eigenvalue weighted by Crippen LogP contribution is -2.19. The number of rotatable bonds is 6. The van der Waals surface area contributed by atoms with Crippen LogP contribution in [0.5, 0.6) is 0 Å². The number of aromatic nitrogens is 1. The van der Waals surface area contributed by atoms with Crippen LogP contribution < -0.4 is 5.32 Å². The molecule has 0 saturated carbocycles. The minimum Gasteiger partial charge on any atom is -0.325 e. The minimum absolute atomic E-state index is 0.0188. The van der Waals surface area contributed by atoms with Crippen LogP contribution in [0.1, 0.15) is 5.56 Å². The lowest BCUT2D eigenvalue weighted by molar-refractivity contribution is -0.115. The number of para-hydroxylation sites is 1. The number of carbonyl (C=O) groups excluding carboxylic acids is 1. The zero-order valence-corrected chi connectivity index (χ0v) is 14.9. The Morgan fingerprint density at radius 3 is 2.22 bits per heavy atom. The van der Waals surface area contributed by atoms with Gasteiger partial charge in [0.05, 0.1) is 17.0 Å². The summed E-state index contributed by atoms with van der Waals surface area (Å²) in [5.74, 6) is -4.06. The summed E-state index contributed by atoms with van der Waals surface area (Å²) < 4.78 is 51.0. The van der Waals surface area contributed by atoms with E-state index >= 15 is 0 Å². The molecule has 27 heavy (non-hydrogen) atoms. The Morgan fingerprint density at radius 2 is 1.59 bits per heavy atom. The molecule has 0 fully saturated rings. The van der Waals surface area contributed by atoms with E-state index in [1.54, 1.807) is 12.1 Å². The van der Waals surface area contributed by atoms with E-state index in [0.29, 0.717) is 5.56 Å². The van der Waals surface area contributed by atoms with Crippen molar-refractivity contribution in [2.45, 2.75) is 17.1 Å². The first-order chi connectivity index (χ1) is 12.9. The molecule has 1 aromatic heterocycles. The predicted octanol–water partition coefficient (Wildman–Crippen LogP) is 3.65. The summed E-state index contributed by atoms with van der Waals surface area (Å²) >= 11 is 0. The molecule has 8 heteroatoms. The van der Waals surface area contributed by atoms with Gasteiger partial charge in [-0.3, -0.25) is 4.79 Å². The highest BCUT2D eigenvalue weighted by atomic mass is 32.2. The second-order valence-electron chi connectivity index (χ2n) is 5.78. The zero-order valence-electron chi connectivity index (χ0n) is 14.0. The second kappa shape index (κ2) is 7.71. The average molecular weight is 390 g/mol. The van der Waals surface area contributed by atoms with E-state index in [1.807, 2.05) is 41.2 Å². The molecular weight excluding hydrogens is 374 g/mol. The third-order valence-electron chi connectivity index (χ3n) is 3.91. The number of benzene rings is 2. The fourth-order valence-corrected chi connectivity index (χ4v) is 3.47. The smallest absolute Gasteiger partial charge is 0.325 e. The van der Waals surface area contributed by atoms with Crippen LogP contribution in [-0.4, -0.2) is 24.6 Å². The molecule has 0 aliphatic rings. The average Bonchev–Trinajstić information content (AvgIpc) is 3.17. The zero-order chi connectivity index (χ0) is 19.4. The Kier molecular flexibility index (Phi) is 5.36. The van der Waals surface area contributed by atoms with Crippen molar-refractivity contribution >= 4 is 21.4 Å². The topological polar surface area (TPSA) is 68.2 Å². The van der Waals surface area contributed by atoms with E-state index in [4.69, 9.17) is 0 Å². The van der Waals surface area contributed by atoms with Crippen molar-refractivity contribution in [3.63, 3.8) is 0 Å². The number of hydrogen-bond donors (Lipinski definition) is 1. The Labute approximate surface area is 155 Å². The molecule has 0 aliphatic heterocycles. The SMILES string of the molecule is O=C(Cc1ccc(-n2cccc2)cc1)Nc1ccccc1S(=O)(=O)C(F)F. The van der Waals surface area contributed by atoms with E-state index in [2.05, 4.69) is 5.32 Å². The van der Waals surface area contributed by atoms with Gasteiger partial charge in [0, 0.05) is 18.1 Å². The van der Waals surface area contributed by atoms with E-state index < -0.39 is 26.4 Å². The van der Waals surface area contributed by atoms with Crippen LogP contribution in [0.25, 0.3) is 5.69 Å². The number of alkyl halides is 2. The lowest BCUT2D eigenvalue weighted by Gasteiger charge is -2.11. The van der Waals surface area contributed by atoms with E-state index in [0.717, 1.165) is 11.8 Å². The summed E-state index contributed by atoms with van der Waals surface area (Å²) in [7, 11) is -4.81. The van der Waals surface area contributed by atoms with E-state index in [9.17, 15) is 22.0 Å². The Morgan fingerprint density at radius 1 is 0.963 bits per heavy atom. The molecule has 0 spiro atoms. The van der Waals surface area contributed by atoms with Gasteiger partial charge in [-0.1, -0.05) is 24.3 Å². The highest BCUT2D eigenvalue weighted by Crippen LogP contribution is 2.26. The molecule has 3 rings (SSSR count). The van der Waals surface area contributed by atoms with Crippen molar-refractivity contribution in [1.82, 2.24) is 4.57 Å². The molecule has 2 aromatic carbocycles. The van der Waals surface area contributed by atoms with Crippen LogP contribution >= 0.6 is 0 Å². The highest BCUT2D eigenvalue weighted by molar-refractivity contribution is 7.91. The quantitative estimate of drug-likeness (QED) is 0.699. The number of nitrogens with zero attached hydrogens (tertiary/aromatic N) is 1. The van der Waals surface area contributed by atoms with Gasteiger partial charge in [-0.15, -0.1) is 0 Å². The summed E-state index contributed by atoms with van der Waals surface area (Å²) in [4.78, 5) is 11.6. The molecule has 5 nitrogen and oxygen atoms in total. The third-order valence-corrected chi connectivity index (χ3v) is 5.34. The number of amides is 1. The van der Waals surface area contributed by atoms with Gasteiger partial charge in [0.25, 0.3) is 0 Å². The summed E-state index contributed by atoms with van der Waals surface area (Å²) in [6.07, 6.45) is 3.76. The number of nitrogens with one attached hydrogen (secondary N) is 1. The lowest BCUT2D eigenvalue weighted by atomic mass is 10.1. The molecule has 3 aromatic rings. The normalized spacial score (nSPS) is 11.5. The van der Waals surface area contributed by atoms with Gasteiger partial charge in [0.15, 0.2) is 0 Å². The van der Waals surface area contributed by atoms with Crippen molar-refractivity contribution in [3.8, 4) is 5.69 Å². The molecule has 0 aliphatic carbocycles. The maximum atomic E-state index is 12.8. The second-order valence-corrected chi connectivity index (χ2v) is 7.67. The number of hydrogen-bond acceptors (Lipinski definition) is 3. The number of halogens is 2. The van der Waals surface area contributed by atoms with Gasteiger partial charge < -0.3 is 9.88 Å². The van der Waals surface area contributed by atoms with E-state index in [-0.39, 0.29) is 12.1 Å². The van der Waals surface area contributed by atoms with Crippen LogP contribution in [-0.2, 0) is 21.1 Å². The number of anilines is 1. The molecule has 1 N–H and O–H groups in total. The van der Waals surface area contributed by atoms with Gasteiger partial charge in [0.2, 0.25) is 15.7 Å². The van der Waals surface area contributed by atoms with Gasteiger partial charge in [-0.2, -0.15) is 8.78 Å². The fourth-order valence-electron chi connectivity index (χ4n) is 2.59. The molecule has 0 bridgehead atoms. The Hall–Kier alpha value is -3.00. The van der Waals surface area contributed by atoms with Crippen molar-refractivity contribution in [1.29, 1.82) is 0 Å². The summed E-state index contributed by atoms with van der Waals surface area (Å²) in [5.41, 5.74) is 1.47. The van der Waals surface area contributed by atoms with Crippen molar-refractivity contribution in [2.75, 3.05) is 5.32 Å². The van der Waals surface area contributed by atoms with Crippen LogP contribution in [0.4, 0.5) is 14.5 Å². The summed E-state index contributed by atoms with van der Waals surface area (Å²) in [5, 5.41) is 2.41. The first-order valence-electron chi connectivity index (χ1n) is 8.01. The minimum atomic E-state index is -4.81. The van der Waals surface area contributed by atoms with Crippen molar-refractivity contribution in [3.05, 3.63) is 78.6 Å². The molecule has 1 amide bonds. The monoisotopic (exact) mass is 390 g/mol. The van der Waals surface area contributed by atoms with Gasteiger partial charge >= 0.3 is 5.76 Å². The molecule has 0 saturated heterocycles. The van der Waals surface area contributed by atoms with E-state index in [1.165, 1.54) is 18.2 Å². The first kappa shape index (κ1) is 18.8. The standard InChI is InChI=1S/C19H16F2N2O3S/c20-19(21)27(25,26)17-6-2-1-5-16(17)22-18(24)13-14-7-9-15(10-8-14)23-11-3-4-12-23/h1-12,19H,13H2,(H,22,24). The molecular formula is C19H16F2N2O3S. The Bertz CT molecular complexity index is 1030. The molecule has 1 heterocycles. The van der Waals surface area contributed by atoms with Crippen LogP contribution in [0.3, 0.4) is 0 Å². The molecule has 0 radical (unpaired) electrons. The summed E-state index contributed by atoms with van der Waals surface area (Å²) in [6.45, 7) is 0. The number of carbonyl (C=O) groups is 1. The van der Waals surface area contributed by atoms with Crippen LogP contribution in [0.2, 0.25) is 0 Å². The largest absolute Gasteiger partial charge is 0.341 e. The molecule has 140 valence electrons. The molecule has 0 unspecified atom stereocenters. The highest BCUT2D eigenvalue weighted by Gasteiger charge is 2.29. The Balaban J connectivity index is 1.74.